The first-order valence-electron chi connectivity index (χ1n) is 10.4. The van der Waals surface area contributed by atoms with E-state index in [-0.39, 0.29) is 18.6 Å². The van der Waals surface area contributed by atoms with Crippen LogP contribution in [0, 0.1) is 0 Å². The van der Waals surface area contributed by atoms with Gasteiger partial charge in [0.15, 0.2) is 11.5 Å². The molecule has 1 atom stereocenters. The molecule has 0 saturated carbocycles. The molecule has 2 heterocycles. The van der Waals surface area contributed by atoms with Gasteiger partial charge in [-0.2, -0.15) is 0 Å². The van der Waals surface area contributed by atoms with Crippen LogP contribution in [0.1, 0.15) is 27.0 Å². The van der Waals surface area contributed by atoms with Crippen molar-refractivity contribution in [2.45, 2.75) is 25.6 Å². The first-order chi connectivity index (χ1) is 15.6. The maximum absolute atomic E-state index is 13.4. The molecule has 0 aliphatic carbocycles. The molecular formula is C25H21ClN2O4. The molecule has 5 rings (SSSR count). The van der Waals surface area contributed by atoms with Crippen LogP contribution in [0.15, 0.2) is 66.7 Å². The van der Waals surface area contributed by atoms with Crippen molar-refractivity contribution < 1.29 is 19.1 Å². The summed E-state index contributed by atoms with van der Waals surface area (Å²) in [5.41, 5.74) is 3.39. The third-order valence-corrected chi connectivity index (χ3v) is 6.15. The zero-order valence-corrected chi connectivity index (χ0v) is 18.0. The Bertz CT molecular complexity index is 1200. The van der Waals surface area contributed by atoms with Crippen LogP contribution in [-0.4, -0.2) is 29.5 Å². The Morgan fingerprint density at radius 3 is 2.56 bits per heavy atom. The first kappa shape index (κ1) is 20.4. The molecule has 2 amide bonds. The Hall–Kier alpha value is -3.51. The summed E-state index contributed by atoms with van der Waals surface area (Å²) < 4.78 is 10.7. The summed E-state index contributed by atoms with van der Waals surface area (Å²) in [6.45, 7) is 0.871. The van der Waals surface area contributed by atoms with Crippen molar-refractivity contribution in [3.05, 3.63) is 94.0 Å². The molecule has 0 radical (unpaired) electrons. The largest absolute Gasteiger partial charge is 0.454 e. The van der Waals surface area contributed by atoms with Gasteiger partial charge in [-0.1, -0.05) is 54.1 Å². The van der Waals surface area contributed by atoms with E-state index < -0.39 is 6.04 Å². The number of halogens is 1. The monoisotopic (exact) mass is 448 g/mol. The summed E-state index contributed by atoms with van der Waals surface area (Å²) in [6, 6.07) is 19.7. The number of nitrogens with one attached hydrogen (secondary N) is 1. The third-order valence-electron chi connectivity index (χ3n) is 5.82. The number of amides is 2. The number of carbonyl (C=O) groups excluding carboxylic acids is 2. The second-order valence-electron chi connectivity index (χ2n) is 7.81. The van der Waals surface area contributed by atoms with Crippen LogP contribution in [0.2, 0.25) is 5.02 Å². The van der Waals surface area contributed by atoms with Gasteiger partial charge in [0, 0.05) is 19.5 Å². The van der Waals surface area contributed by atoms with Crippen molar-refractivity contribution in [1.82, 2.24) is 10.2 Å². The van der Waals surface area contributed by atoms with Crippen LogP contribution in [0.25, 0.3) is 0 Å². The number of hydrogen-bond acceptors (Lipinski definition) is 4. The van der Waals surface area contributed by atoms with Gasteiger partial charge >= 0.3 is 0 Å². The van der Waals surface area contributed by atoms with E-state index in [1.54, 1.807) is 29.2 Å². The number of benzene rings is 3. The van der Waals surface area contributed by atoms with E-state index in [1.807, 2.05) is 42.5 Å². The van der Waals surface area contributed by atoms with Crippen molar-refractivity contribution in [3.8, 4) is 11.5 Å². The van der Waals surface area contributed by atoms with Crippen molar-refractivity contribution in [2.75, 3.05) is 6.79 Å². The quantitative estimate of drug-likeness (QED) is 0.656. The topological polar surface area (TPSA) is 67.9 Å². The standard InChI is InChI=1S/C25H21ClN2O4/c26-20-8-4-3-7-19(20)25(30)28-14-18-6-2-1-5-17(18)12-21(28)24(29)27-13-16-9-10-22-23(11-16)32-15-31-22/h1-11,21H,12-15H2,(H,27,29). The fraction of sp³-hybridized carbons (Fsp3) is 0.200. The summed E-state index contributed by atoms with van der Waals surface area (Å²) in [5.74, 6) is 0.894. The molecule has 0 aromatic heterocycles. The molecular weight excluding hydrogens is 428 g/mol. The average molecular weight is 449 g/mol. The SMILES string of the molecule is O=C(NCc1ccc2c(c1)OCO2)C1Cc2ccccc2CN1C(=O)c1ccccc1Cl. The molecule has 2 aliphatic rings. The lowest BCUT2D eigenvalue weighted by molar-refractivity contribution is -0.126. The van der Waals surface area contributed by atoms with Gasteiger partial charge in [-0.3, -0.25) is 9.59 Å². The number of nitrogens with zero attached hydrogens (tertiary/aromatic N) is 1. The molecule has 0 spiro atoms. The van der Waals surface area contributed by atoms with Crippen LogP contribution in [-0.2, 0) is 24.3 Å². The van der Waals surface area contributed by atoms with Crippen molar-refractivity contribution >= 4 is 23.4 Å². The molecule has 2 aliphatic heterocycles. The maximum Gasteiger partial charge on any atom is 0.256 e. The molecule has 32 heavy (non-hydrogen) atoms. The maximum atomic E-state index is 13.4. The highest BCUT2D eigenvalue weighted by molar-refractivity contribution is 6.33. The Morgan fingerprint density at radius 1 is 0.969 bits per heavy atom. The fourth-order valence-electron chi connectivity index (χ4n) is 4.12. The Labute approximate surface area is 190 Å². The van der Waals surface area contributed by atoms with Gasteiger partial charge in [-0.05, 0) is 41.0 Å². The molecule has 3 aromatic carbocycles. The molecule has 0 fully saturated rings. The van der Waals surface area contributed by atoms with Gasteiger partial charge in [0.05, 0.1) is 10.6 Å². The van der Waals surface area contributed by atoms with E-state index in [0.717, 1.165) is 16.7 Å². The van der Waals surface area contributed by atoms with E-state index in [1.165, 1.54) is 0 Å². The predicted molar refractivity (Wildman–Crippen MR) is 120 cm³/mol. The van der Waals surface area contributed by atoms with E-state index >= 15 is 0 Å². The minimum atomic E-state index is -0.636. The Morgan fingerprint density at radius 2 is 1.72 bits per heavy atom. The highest BCUT2D eigenvalue weighted by atomic mass is 35.5. The summed E-state index contributed by atoms with van der Waals surface area (Å²) in [4.78, 5) is 28.2. The summed E-state index contributed by atoms with van der Waals surface area (Å²) in [7, 11) is 0. The minimum Gasteiger partial charge on any atom is -0.454 e. The van der Waals surface area contributed by atoms with E-state index in [4.69, 9.17) is 21.1 Å². The van der Waals surface area contributed by atoms with Gasteiger partial charge in [-0.15, -0.1) is 0 Å². The van der Waals surface area contributed by atoms with Gasteiger partial charge in [0.25, 0.3) is 5.91 Å². The van der Waals surface area contributed by atoms with Crippen LogP contribution in [0.5, 0.6) is 11.5 Å². The van der Waals surface area contributed by atoms with Gasteiger partial charge in [0.1, 0.15) is 6.04 Å². The Balaban J connectivity index is 1.38. The number of rotatable bonds is 4. The summed E-state index contributed by atoms with van der Waals surface area (Å²) in [5, 5.41) is 3.35. The van der Waals surface area contributed by atoms with E-state index in [0.29, 0.717) is 41.6 Å². The average Bonchev–Trinajstić information content (AvgIpc) is 3.29. The Kier molecular flexibility index (Phi) is 5.45. The van der Waals surface area contributed by atoms with Gasteiger partial charge < -0.3 is 19.7 Å². The lowest BCUT2D eigenvalue weighted by Crippen LogP contribution is -2.52. The summed E-state index contributed by atoms with van der Waals surface area (Å²) in [6.07, 6.45) is 0.444. The number of ether oxygens (including phenoxy) is 2. The molecule has 6 nitrogen and oxygen atoms in total. The van der Waals surface area contributed by atoms with Crippen LogP contribution in [0.4, 0.5) is 0 Å². The predicted octanol–water partition coefficient (Wildman–Crippen LogP) is 3.95. The second kappa shape index (κ2) is 8.55. The fourth-order valence-corrected chi connectivity index (χ4v) is 4.33. The van der Waals surface area contributed by atoms with E-state index in [9.17, 15) is 9.59 Å². The van der Waals surface area contributed by atoms with Crippen LogP contribution in [0.3, 0.4) is 0 Å². The number of fused-ring (bicyclic) bond motifs is 2. The van der Waals surface area contributed by atoms with Crippen molar-refractivity contribution in [3.63, 3.8) is 0 Å². The smallest absolute Gasteiger partial charge is 0.256 e. The lowest BCUT2D eigenvalue weighted by atomic mass is 9.92. The van der Waals surface area contributed by atoms with Crippen LogP contribution >= 0.6 is 11.6 Å². The number of hydrogen-bond donors (Lipinski definition) is 1. The normalized spacial score (nSPS) is 16.4. The molecule has 1 unspecified atom stereocenters. The second-order valence-corrected chi connectivity index (χ2v) is 8.21. The van der Waals surface area contributed by atoms with Crippen LogP contribution < -0.4 is 14.8 Å². The molecule has 0 bridgehead atoms. The number of carbonyl (C=O) groups is 2. The lowest BCUT2D eigenvalue weighted by Gasteiger charge is -2.36. The highest BCUT2D eigenvalue weighted by Gasteiger charge is 2.35. The van der Waals surface area contributed by atoms with Gasteiger partial charge in [0.2, 0.25) is 12.7 Å². The molecule has 3 aromatic rings. The molecule has 162 valence electrons. The summed E-state index contributed by atoms with van der Waals surface area (Å²) >= 11 is 6.28. The first-order valence-corrected chi connectivity index (χ1v) is 10.8. The molecule has 7 heteroatoms. The molecule has 1 N–H and O–H groups in total. The van der Waals surface area contributed by atoms with Gasteiger partial charge in [-0.25, -0.2) is 0 Å². The zero-order valence-electron chi connectivity index (χ0n) is 17.2. The van der Waals surface area contributed by atoms with Crippen molar-refractivity contribution in [1.29, 1.82) is 0 Å². The van der Waals surface area contributed by atoms with Crippen molar-refractivity contribution in [2.24, 2.45) is 0 Å². The minimum absolute atomic E-state index is 0.200. The zero-order chi connectivity index (χ0) is 22.1. The molecule has 0 saturated heterocycles. The third kappa shape index (κ3) is 3.89. The highest BCUT2D eigenvalue weighted by Crippen LogP contribution is 2.32. The van der Waals surface area contributed by atoms with E-state index in [2.05, 4.69) is 5.32 Å².